The molecule has 0 aliphatic carbocycles. The Balaban J connectivity index is 1.90. The first-order valence-corrected chi connectivity index (χ1v) is 10.2. The minimum atomic E-state index is -2.83. The molecular weight excluding hydrogens is 461 g/mol. The van der Waals surface area contributed by atoms with Crippen LogP contribution in [0.25, 0.3) is 10.9 Å². The highest BCUT2D eigenvalue weighted by Gasteiger charge is 2.44. The van der Waals surface area contributed by atoms with Gasteiger partial charge in [0.2, 0.25) is 5.91 Å². The fraction of sp³-hybridized carbons (Fsp3) is 0.227. The van der Waals surface area contributed by atoms with Crippen molar-refractivity contribution in [1.29, 1.82) is 0 Å². The molecule has 10 heteroatoms. The van der Waals surface area contributed by atoms with E-state index < -0.39 is 35.6 Å². The number of fused-ring (bicyclic) bond motifs is 1. The maximum atomic E-state index is 15.1. The van der Waals surface area contributed by atoms with Crippen LogP contribution in [0.2, 0.25) is 10.0 Å². The van der Waals surface area contributed by atoms with Crippen LogP contribution in [0.15, 0.2) is 48.0 Å². The number of rotatable bonds is 4. The van der Waals surface area contributed by atoms with E-state index in [9.17, 15) is 14.0 Å². The zero-order valence-corrected chi connectivity index (χ0v) is 18.0. The van der Waals surface area contributed by atoms with Crippen LogP contribution in [0.1, 0.15) is 16.1 Å². The van der Waals surface area contributed by atoms with Crippen LogP contribution in [0.4, 0.5) is 14.5 Å². The number of nitrogens with one attached hydrogen (secondary N) is 1. The molecule has 0 spiro atoms. The molecule has 1 aliphatic rings. The van der Waals surface area contributed by atoms with Gasteiger partial charge in [0.1, 0.15) is 11.3 Å². The molecule has 166 valence electrons. The Bertz CT molecular complexity index is 1430. The van der Waals surface area contributed by atoms with Crippen LogP contribution in [-0.4, -0.2) is 33.4 Å². The van der Waals surface area contributed by atoms with Crippen molar-refractivity contribution in [3.63, 3.8) is 0 Å². The molecule has 1 aromatic heterocycles. The van der Waals surface area contributed by atoms with Crippen LogP contribution in [-0.2, 0) is 17.3 Å². The first-order valence-electron chi connectivity index (χ1n) is 10.9. The number of benzene rings is 2. The smallest absolute Gasteiger partial charge is 0.261 e. The van der Waals surface area contributed by atoms with Crippen molar-refractivity contribution >= 4 is 45.7 Å². The normalized spacial score (nSPS) is 20.0. The minimum Gasteiger partial charge on any atom is -0.373 e. The topological polar surface area (TPSA) is 67.2 Å². The molecule has 1 atom stereocenters. The van der Waals surface area contributed by atoms with E-state index in [1.165, 1.54) is 17.0 Å². The van der Waals surface area contributed by atoms with Crippen molar-refractivity contribution < 1.29 is 17.7 Å². The lowest BCUT2D eigenvalue weighted by molar-refractivity contribution is -0.125. The second kappa shape index (κ2) is 8.18. The highest BCUT2D eigenvalue weighted by molar-refractivity contribution is 6.42. The summed E-state index contributed by atoms with van der Waals surface area (Å²) in [5.74, 6) is -2.00. The fourth-order valence-corrected chi connectivity index (χ4v) is 4.49. The zero-order chi connectivity index (χ0) is 25.7. The third-order valence-corrected chi connectivity index (χ3v) is 6.28. The monoisotopic (exact) mass is 481 g/mol. The summed E-state index contributed by atoms with van der Waals surface area (Å²) in [5, 5.41) is 2.74. The predicted octanol–water partition coefficient (Wildman–Crippen LogP) is 4.24. The van der Waals surface area contributed by atoms with Gasteiger partial charge in [-0.1, -0.05) is 29.8 Å². The number of carbonyl (C=O) groups excluding carboxylic acids is 1. The lowest BCUT2D eigenvalue weighted by Crippen LogP contribution is -2.41. The fourth-order valence-electron chi connectivity index (χ4n) is 4.00. The molecule has 0 radical (unpaired) electrons. The summed E-state index contributed by atoms with van der Waals surface area (Å²) in [6.07, 6.45) is 2.03. The SMILES string of the molecule is [2H]C([2H])([2H])n1cnc2c(F)cc(N[C@]3(c4c(F)ccc(Cl)c4Cl)CCN(C(=O)C=C)C3)cc2c1=O. The van der Waals surface area contributed by atoms with E-state index in [0.717, 1.165) is 24.5 Å². The Morgan fingerprint density at radius 3 is 2.84 bits per heavy atom. The average Bonchev–Trinajstić information content (AvgIpc) is 3.20. The molecule has 2 heterocycles. The van der Waals surface area contributed by atoms with Gasteiger partial charge >= 0.3 is 0 Å². The van der Waals surface area contributed by atoms with Gasteiger partial charge in [0.25, 0.3) is 5.56 Å². The van der Waals surface area contributed by atoms with Gasteiger partial charge in [-0.25, -0.2) is 13.8 Å². The number of anilines is 1. The van der Waals surface area contributed by atoms with Gasteiger partial charge in [-0.2, -0.15) is 0 Å². The Morgan fingerprint density at radius 2 is 2.12 bits per heavy atom. The molecule has 2 aromatic carbocycles. The van der Waals surface area contributed by atoms with Crippen molar-refractivity contribution in [3.8, 4) is 0 Å². The molecule has 1 amide bonds. The van der Waals surface area contributed by atoms with E-state index in [1.807, 2.05) is 0 Å². The van der Waals surface area contributed by atoms with Gasteiger partial charge in [-0.3, -0.25) is 9.59 Å². The maximum absolute atomic E-state index is 15.1. The summed E-state index contributed by atoms with van der Waals surface area (Å²) >= 11 is 12.5. The molecule has 1 aliphatic heterocycles. The van der Waals surface area contributed by atoms with Crippen LogP contribution in [0.3, 0.4) is 0 Å². The summed E-state index contributed by atoms with van der Waals surface area (Å²) in [4.78, 5) is 30.3. The lowest BCUT2D eigenvalue weighted by Gasteiger charge is -2.33. The van der Waals surface area contributed by atoms with Crippen molar-refractivity contribution in [2.24, 2.45) is 6.98 Å². The molecule has 1 N–H and O–H groups in total. The summed E-state index contributed by atoms with van der Waals surface area (Å²) in [6.45, 7) is 0.774. The summed E-state index contributed by atoms with van der Waals surface area (Å²) in [7, 11) is 0. The van der Waals surface area contributed by atoms with E-state index in [4.69, 9.17) is 27.3 Å². The Morgan fingerprint density at radius 1 is 1.34 bits per heavy atom. The quantitative estimate of drug-likeness (QED) is 0.446. The van der Waals surface area contributed by atoms with Crippen LogP contribution in [0, 0.1) is 11.6 Å². The second-order valence-electron chi connectivity index (χ2n) is 7.41. The van der Waals surface area contributed by atoms with Gasteiger partial charge < -0.3 is 14.8 Å². The number of halogens is 4. The average molecular weight is 482 g/mol. The third-order valence-electron chi connectivity index (χ3n) is 5.48. The molecule has 0 saturated carbocycles. The molecule has 0 bridgehead atoms. The van der Waals surface area contributed by atoms with Crippen molar-refractivity contribution in [2.75, 3.05) is 18.4 Å². The molecule has 6 nitrogen and oxygen atoms in total. The van der Waals surface area contributed by atoms with E-state index >= 15 is 4.39 Å². The molecule has 1 saturated heterocycles. The highest BCUT2D eigenvalue weighted by atomic mass is 35.5. The molecule has 3 aromatic rings. The second-order valence-corrected chi connectivity index (χ2v) is 8.20. The Kier molecular flexibility index (Phi) is 4.75. The van der Waals surface area contributed by atoms with Crippen LogP contribution in [0.5, 0.6) is 0 Å². The highest BCUT2D eigenvalue weighted by Crippen LogP contribution is 2.43. The largest absolute Gasteiger partial charge is 0.373 e. The predicted molar refractivity (Wildman–Crippen MR) is 120 cm³/mol. The summed E-state index contributed by atoms with van der Waals surface area (Å²) in [5.41, 5.74) is -2.65. The number of carbonyl (C=O) groups is 1. The summed E-state index contributed by atoms with van der Waals surface area (Å²) in [6, 6.07) is 4.69. The Hall–Kier alpha value is -2.97. The van der Waals surface area contributed by atoms with Crippen molar-refractivity contribution in [3.05, 3.63) is 80.8 Å². The molecule has 4 rings (SSSR count). The van der Waals surface area contributed by atoms with E-state index in [1.54, 1.807) is 0 Å². The number of hydrogen-bond acceptors (Lipinski definition) is 4. The van der Waals surface area contributed by atoms with E-state index in [2.05, 4.69) is 16.9 Å². The number of aromatic nitrogens is 2. The van der Waals surface area contributed by atoms with Gasteiger partial charge in [0.15, 0.2) is 5.82 Å². The first kappa shape index (κ1) is 18.6. The third kappa shape index (κ3) is 3.63. The first-order chi connectivity index (χ1) is 16.4. The van der Waals surface area contributed by atoms with Crippen LogP contribution >= 0.6 is 23.2 Å². The molecule has 32 heavy (non-hydrogen) atoms. The number of likely N-dealkylation sites (tertiary alicyclic amines) is 1. The molecular formula is C22H18Cl2F2N4O2. The number of nitrogens with zero attached hydrogens (tertiary/aromatic N) is 3. The van der Waals surface area contributed by atoms with Crippen molar-refractivity contribution in [2.45, 2.75) is 12.0 Å². The van der Waals surface area contributed by atoms with Crippen LogP contribution < -0.4 is 10.9 Å². The molecule has 1 fully saturated rings. The minimum absolute atomic E-state index is 0.0283. The van der Waals surface area contributed by atoms with E-state index in [0.29, 0.717) is 4.57 Å². The standard InChI is InChI=1S/C22H18Cl2F2N4O2/c1-3-17(31)30-7-6-22(10-30,18-15(25)5-4-14(23)19(18)24)28-12-8-13-20(16(26)9-12)27-11-29(2)21(13)32/h3-5,8-9,11,28H,1,6-7,10H2,2H3/t22-/m1/s1/i2D3. The number of amides is 1. The Labute approximate surface area is 196 Å². The van der Waals surface area contributed by atoms with Gasteiger partial charge in [0, 0.05) is 35.4 Å². The zero-order valence-electron chi connectivity index (χ0n) is 19.5. The van der Waals surface area contributed by atoms with Crippen molar-refractivity contribution in [1.82, 2.24) is 14.5 Å². The van der Waals surface area contributed by atoms with Gasteiger partial charge in [-0.05, 0) is 36.8 Å². The lowest BCUT2D eigenvalue weighted by atomic mass is 9.87. The molecule has 0 unspecified atom stereocenters. The van der Waals surface area contributed by atoms with E-state index in [-0.39, 0.29) is 51.7 Å². The maximum Gasteiger partial charge on any atom is 0.261 e. The van der Waals surface area contributed by atoms with Gasteiger partial charge in [-0.15, -0.1) is 0 Å². The summed E-state index contributed by atoms with van der Waals surface area (Å²) < 4.78 is 53.0. The van der Waals surface area contributed by atoms with Gasteiger partial charge in [0.05, 0.1) is 27.3 Å². The number of aryl methyl sites for hydroxylation is 1. The number of hydrogen-bond donors (Lipinski definition) is 1.